The summed E-state index contributed by atoms with van der Waals surface area (Å²) in [6, 6.07) is 5.49. The van der Waals surface area contributed by atoms with Crippen LogP contribution in [0.5, 0.6) is 5.75 Å². The number of nitrogens with two attached hydrogens (primary N) is 1. The Labute approximate surface area is 128 Å². The first-order valence-electron chi connectivity index (χ1n) is 5.55. The lowest BCUT2D eigenvalue weighted by Gasteiger charge is -2.08. The summed E-state index contributed by atoms with van der Waals surface area (Å²) < 4.78 is 32.1. The maximum Gasteiger partial charge on any atom is 0.266 e. The zero-order chi connectivity index (χ0) is 15.6. The van der Waals surface area contributed by atoms with Crippen LogP contribution in [0.1, 0.15) is 10.5 Å². The zero-order valence-electron chi connectivity index (χ0n) is 10.8. The number of hydrogen-bond donors (Lipinski definition) is 3. The third-order valence-electron chi connectivity index (χ3n) is 2.52. The van der Waals surface area contributed by atoms with Gasteiger partial charge in [-0.1, -0.05) is 0 Å². The van der Waals surface area contributed by atoms with Crippen LogP contribution in [0.4, 0.5) is 5.82 Å². The van der Waals surface area contributed by atoms with Crippen molar-refractivity contribution < 1.29 is 17.9 Å². The monoisotopic (exact) mass is 374 g/mol. The molecule has 1 aromatic carbocycles. The molecule has 2 aromatic rings. The molecular weight excluding hydrogens is 364 g/mol. The predicted octanol–water partition coefficient (Wildman–Crippen LogP) is 1.08. The molecule has 0 aliphatic heterocycles. The van der Waals surface area contributed by atoms with Crippen molar-refractivity contribution in [3.63, 3.8) is 0 Å². The topological polar surface area (TPSA) is 127 Å². The van der Waals surface area contributed by atoms with Crippen LogP contribution in [0.15, 0.2) is 33.6 Å². The van der Waals surface area contributed by atoms with E-state index in [0.29, 0.717) is 10.2 Å². The highest BCUT2D eigenvalue weighted by Crippen LogP contribution is 2.28. The maximum atomic E-state index is 12.2. The molecule has 8 nitrogen and oxygen atoms in total. The number of nitrogens with zero attached hydrogens (tertiary/aromatic N) is 1. The van der Waals surface area contributed by atoms with Gasteiger partial charge in [-0.25, -0.2) is 8.42 Å². The quantitative estimate of drug-likeness (QED) is 0.721. The van der Waals surface area contributed by atoms with E-state index in [0.717, 1.165) is 0 Å². The van der Waals surface area contributed by atoms with Crippen LogP contribution in [-0.2, 0) is 10.0 Å². The number of aromatic amines is 1. The number of halogens is 1. The zero-order valence-corrected chi connectivity index (χ0v) is 13.2. The molecule has 0 saturated heterocycles. The number of nitrogens with one attached hydrogen (secondary N) is 2. The van der Waals surface area contributed by atoms with E-state index in [2.05, 4.69) is 30.8 Å². The number of carbonyl (C=O) groups excluding carboxylic acids is 1. The number of sulfonamides is 1. The highest BCUT2D eigenvalue weighted by molar-refractivity contribution is 9.10. The lowest BCUT2D eigenvalue weighted by Crippen LogP contribution is -2.13. The summed E-state index contributed by atoms with van der Waals surface area (Å²) in [5.74, 6) is -0.263. The molecule has 0 aliphatic carbocycles. The molecule has 21 heavy (non-hydrogen) atoms. The number of H-pyrrole nitrogens is 1. The van der Waals surface area contributed by atoms with E-state index in [9.17, 15) is 13.2 Å². The van der Waals surface area contributed by atoms with Crippen molar-refractivity contribution in [2.75, 3.05) is 11.8 Å². The molecule has 0 aliphatic rings. The molecule has 0 unspecified atom stereocenters. The van der Waals surface area contributed by atoms with Crippen LogP contribution in [-0.4, -0.2) is 31.6 Å². The highest BCUT2D eigenvalue weighted by atomic mass is 79.9. The Morgan fingerprint density at radius 3 is 2.67 bits per heavy atom. The number of benzene rings is 1. The van der Waals surface area contributed by atoms with Crippen LogP contribution in [0.3, 0.4) is 0 Å². The normalized spacial score (nSPS) is 11.1. The van der Waals surface area contributed by atoms with Gasteiger partial charge < -0.3 is 10.5 Å². The minimum Gasteiger partial charge on any atom is -0.496 e. The molecule has 0 saturated carbocycles. The van der Waals surface area contributed by atoms with Gasteiger partial charge in [0.25, 0.3) is 15.9 Å². The highest BCUT2D eigenvalue weighted by Gasteiger charge is 2.18. The van der Waals surface area contributed by atoms with E-state index < -0.39 is 15.9 Å². The van der Waals surface area contributed by atoms with E-state index in [1.807, 2.05) is 0 Å². The Morgan fingerprint density at radius 2 is 2.14 bits per heavy atom. The van der Waals surface area contributed by atoms with Gasteiger partial charge >= 0.3 is 0 Å². The van der Waals surface area contributed by atoms with Crippen LogP contribution < -0.4 is 15.2 Å². The standard InChI is InChI=1S/C11H11BrN4O4S/c1-20-9-3-2-6(4-7(9)12)21(18,19)16-10-5-8(11(13)17)14-15-10/h2-5H,1H3,(H2,13,17)(H2,14,15,16). The average Bonchev–Trinajstić information content (AvgIpc) is 2.86. The van der Waals surface area contributed by atoms with Crippen LogP contribution in [0.2, 0.25) is 0 Å². The Hall–Kier alpha value is -2.07. The SMILES string of the molecule is COc1ccc(S(=O)(=O)Nc2cc(C(N)=O)[nH]n2)cc1Br. The summed E-state index contributed by atoms with van der Waals surface area (Å²) in [4.78, 5) is 10.9. The van der Waals surface area contributed by atoms with Crippen molar-refractivity contribution >= 4 is 37.7 Å². The molecular formula is C11H11BrN4O4S. The summed E-state index contributed by atoms with van der Waals surface area (Å²) in [5, 5.41) is 5.98. The molecule has 112 valence electrons. The third kappa shape index (κ3) is 3.34. The van der Waals surface area contributed by atoms with E-state index in [1.54, 1.807) is 0 Å². The number of ether oxygens (including phenoxy) is 1. The van der Waals surface area contributed by atoms with Crippen molar-refractivity contribution in [2.45, 2.75) is 4.90 Å². The second-order valence-corrected chi connectivity index (χ2v) is 6.47. The van der Waals surface area contributed by atoms with Crippen LogP contribution in [0, 0.1) is 0 Å². The fourth-order valence-electron chi connectivity index (χ4n) is 1.51. The Balaban J connectivity index is 2.29. The van der Waals surface area contributed by atoms with Crippen molar-refractivity contribution in [3.05, 3.63) is 34.4 Å². The van der Waals surface area contributed by atoms with Gasteiger partial charge in [0.05, 0.1) is 16.5 Å². The summed E-state index contributed by atoms with van der Waals surface area (Å²) in [7, 11) is -2.37. The molecule has 0 fully saturated rings. The third-order valence-corrected chi connectivity index (χ3v) is 4.49. The van der Waals surface area contributed by atoms with Crippen LogP contribution in [0.25, 0.3) is 0 Å². The number of primary amides is 1. The minimum atomic E-state index is -3.84. The number of amides is 1. The molecule has 1 heterocycles. The molecule has 10 heteroatoms. The Kier molecular flexibility index (Phi) is 4.19. The van der Waals surface area contributed by atoms with Crippen LogP contribution >= 0.6 is 15.9 Å². The van der Waals surface area contributed by atoms with Gasteiger partial charge in [-0.3, -0.25) is 14.6 Å². The fraction of sp³-hybridized carbons (Fsp3) is 0.0909. The molecule has 0 atom stereocenters. The second-order valence-electron chi connectivity index (χ2n) is 3.93. The largest absolute Gasteiger partial charge is 0.496 e. The van der Waals surface area contributed by atoms with Crippen molar-refractivity contribution in [2.24, 2.45) is 5.73 Å². The van der Waals surface area contributed by atoms with Gasteiger partial charge in [0.1, 0.15) is 11.4 Å². The lowest BCUT2D eigenvalue weighted by atomic mass is 10.3. The lowest BCUT2D eigenvalue weighted by molar-refractivity contribution is 0.0995. The minimum absolute atomic E-state index is 0.00334. The van der Waals surface area contributed by atoms with Gasteiger partial charge in [-0.15, -0.1) is 0 Å². The first-order chi connectivity index (χ1) is 9.83. The van der Waals surface area contributed by atoms with Gasteiger partial charge in [0.15, 0.2) is 5.82 Å². The van der Waals surface area contributed by atoms with Crippen molar-refractivity contribution in [1.29, 1.82) is 0 Å². The van der Waals surface area contributed by atoms with E-state index in [1.165, 1.54) is 31.4 Å². The summed E-state index contributed by atoms with van der Waals surface area (Å²) in [5.41, 5.74) is 5.05. The molecule has 0 bridgehead atoms. The molecule has 1 aromatic heterocycles. The number of rotatable bonds is 5. The molecule has 1 amide bonds. The average molecular weight is 375 g/mol. The number of aromatic nitrogens is 2. The van der Waals surface area contributed by atoms with Gasteiger partial charge in [0, 0.05) is 6.07 Å². The van der Waals surface area contributed by atoms with E-state index >= 15 is 0 Å². The maximum absolute atomic E-state index is 12.2. The number of hydrogen-bond acceptors (Lipinski definition) is 5. The van der Waals surface area contributed by atoms with Gasteiger partial charge in [-0.2, -0.15) is 5.10 Å². The molecule has 0 radical (unpaired) electrons. The summed E-state index contributed by atoms with van der Waals surface area (Å²) in [6.45, 7) is 0. The molecule has 0 spiro atoms. The van der Waals surface area contributed by atoms with Crippen molar-refractivity contribution in [3.8, 4) is 5.75 Å². The summed E-state index contributed by atoms with van der Waals surface area (Å²) in [6.07, 6.45) is 0. The fourth-order valence-corrected chi connectivity index (χ4v) is 3.22. The summed E-state index contributed by atoms with van der Waals surface area (Å²) >= 11 is 3.21. The Morgan fingerprint density at radius 1 is 1.43 bits per heavy atom. The predicted molar refractivity (Wildman–Crippen MR) is 78.6 cm³/mol. The number of carbonyl (C=O) groups is 1. The van der Waals surface area contributed by atoms with E-state index in [-0.39, 0.29) is 16.4 Å². The number of anilines is 1. The molecule has 2 rings (SSSR count). The molecule has 4 N–H and O–H groups in total. The smallest absolute Gasteiger partial charge is 0.266 e. The van der Waals surface area contributed by atoms with Gasteiger partial charge in [0.2, 0.25) is 0 Å². The van der Waals surface area contributed by atoms with Gasteiger partial charge in [-0.05, 0) is 34.1 Å². The Bertz CT molecular complexity index is 787. The number of methoxy groups -OCH3 is 1. The second kappa shape index (κ2) is 5.74. The first-order valence-corrected chi connectivity index (χ1v) is 7.82. The van der Waals surface area contributed by atoms with Crippen molar-refractivity contribution in [1.82, 2.24) is 10.2 Å². The first kappa shape index (κ1) is 15.3. The van der Waals surface area contributed by atoms with E-state index in [4.69, 9.17) is 10.5 Å².